The smallest absolute Gasteiger partial charge is 0.346 e. The normalized spacial score (nSPS) is 15.6. The third kappa shape index (κ3) is 1.91. The maximum absolute atomic E-state index is 11.5. The van der Waals surface area contributed by atoms with Crippen LogP contribution in [0.15, 0.2) is 30.3 Å². The van der Waals surface area contributed by atoms with E-state index in [9.17, 15) is 15.0 Å². The van der Waals surface area contributed by atoms with E-state index in [-0.39, 0.29) is 5.56 Å². The Balaban J connectivity index is 3.27. The van der Waals surface area contributed by atoms with Crippen molar-refractivity contribution in [2.75, 3.05) is 7.11 Å². The van der Waals surface area contributed by atoms with Crippen LogP contribution in [0.3, 0.4) is 0 Å². The molecule has 0 heterocycles. The molecule has 2 N–H and O–H groups in total. The largest absolute Gasteiger partial charge is 0.467 e. The Morgan fingerprint density at radius 3 is 2.50 bits per heavy atom. The van der Waals surface area contributed by atoms with E-state index in [0.717, 1.165) is 7.11 Å². The Bertz CT molecular complexity index is 407. The molecule has 0 aliphatic rings. The van der Waals surface area contributed by atoms with Crippen molar-refractivity contribution in [1.29, 1.82) is 0 Å². The van der Waals surface area contributed by atoms with Crippen molar-refractivity contribution < 1.29 is 19.7 Å². The van der Waals surface area contributed by atoms with Gasteiger partial charge in [-0.3, -0.25) is 0 Å². The highest BCUT2D eigenvalue weighted by molar-refractivity contribution is 5.82. The van der Waals surface area contributed by atoms with E-state index in [1.165, 1.54) is 12.1 Å². The number of esters is 1. The van der Waals surface area contributed by atoms with Crippen LogP contribution >= 0.6 is 0 Å². The van der Waals surface area contributed by atoms with Gasteiger partial charge in [-0.1, -0.05) is 36.3 Å². The fourth-order valence-corrected chi connectivity index (χ4v) is 1.36. The van der Waals surface area contributed by atoms with E-state index in [1.807, 2.05) is 5.92 Å². The van der Waals surface area contributed by atoms with E-state index in [4.69, 9.17) is 6.42 Å². The number of terminal acetylenes is 1. The van der Waals surface area contributed by atoms with Gasteiger partial charge in [0, 0.05) is 0 Å². The highest BCUT2D eigenvalue weighted by atomic mass is 16.5. The Labute approximate surface area is 93.5 Å². The predicted octanol–water partition coefficient (Wildman–Crippen LogP) is 0.0413. The molecule has 0 fully saturated rings. The summed E-state index contributed by atoms with van der Waals surface area (Å²) in [6.07, 6.45) is 3.36. The van der Waals surface area contributed by atoms with Crippen LogP contribution in [-0.4, -0.2) is 29.4 Å². The van der Waals surface area contributed by atoms with Gasteiger partial charge >= 0.3 is 5.97 Å². The van der Waals surface area contributed by atoms with Gasteiger partial charge in [-0.25, -0.2) is 4.79 Å². The van der Waals surface area contributed by atoms with E-state index in [0.29, 0.717) is 0 Å². The fourth-order valence-electron chi connectivity index (χ4n) is 1.36. The van der Waals surface area contributed by atoms with Gasteiger partial charge in [0.05, 0.1) is 7.11 Å². The van der Waals surface area contributed by atoms with Crippen LogP contribution < -0.4 is 0 Å². The zero-order chi connectivity index (χ0) is 12.2. The van der Waals surface area contributed by atoms with E-state index in [1.54, 1.807) is 18.2 Å². The lowest BCUT2D eigenvalue weighted by molar-refractivity contribution is -0.173. The quantitative estimate of drug-likeness (QED) is 0.557. The lowest BCUT2D eigenvalue weighted by Gasteiger charge is -2.27. The highest BCUT2D eigenvalue weighted by Crippen LogP contribution is 2.26. The molecule has 0 aromatic heterocycles. The third-order valence-electron chi connectivity index (χ3n) is 2.26. The van der Waals surface area contributed by atoms with Gasteiger partial charge in [0.1, 0.15) is 0 Å². The Hall–Kier alpha value is -1.83. The maximum atomic E-state index is 11.5. The number of rotatable bonds is 3. The Kier molecular flexibility index (Phi) is 3.67. The number of aliphatic hydroxyl groups excluding tert-OH is 1. The standard InChI is InChI=1S/C12H12O4/c1-3-10(13)12(15,11(14)16-2)9-7-5-4-6-8-9/h1,4-8,10,13,15H,2H3/t10-,12-/m1/s1. The van der Waals surface area contributed by atoms with Crippen molar-refractivity contribution in [2.24, 2.45) is 0 Å². The average Bonchev–Trinajstić information content (AvgIpc) is 2.36. The van der Waals surface area contributed by atoms with E-state index < -0.39 is 17.7 Å². The average molecular weight is 220 g/mol. The minimum atomic E-state index is -2.23. The molecule has 0 aliphatic carbocycles. The molecule has 0 saturated heterocycles. The lowest BCUT2D eigenvalue weighted by Crippen LogP contribution is -2.46. The van der Waals surface area contributed by atoms with Crippen molar-refractivity contribution in [3.63, 3.8) is 0 Å². The summed E-state index contributed by atoms with van der Waals surface area (Å²) in [6, 6.07) is 7.91. The first-order valence-corrected chi connectivity index (χ1v) is 4.58. The molecule has 0 spiro atoms. The fraction of sp³-hybridized carbons (Fsp3) is 0.250. The molecule has 0 amide bonds. The number of ether oxygens (including phenoxy) is 1. The van der Waals surface area contributed by atoms with Gasteiger partial charge in [0.25, 0.3) is 0 Å². The molecule has 4 heteroatoms. The van der Waals surface area contributed by atoms with Crippen molar-refractivity contribution in [2.45, 2.75) is 11.7 Å². The number of aliphatic hydroxyl groups is 2. The van der Waals surface area contributed by atoms with Crippen LogP contribution in [0.25, 0.3) is 0 Å². The summed E-state index contributed by atoms with van der Waals surface area (Å²) < 4.78 is 4.45. The van der Waals surface area contributed by atoms with E-state index in [2.05, 4.69) is 4.74 Å². The summed E-state index contributed by atoms with van der Waals surface area (Å²) in [7, 11) is 1.11. The summed E-state index contributed by atoms with van der Waals surface area (Å²) in [4.78, 5) is 11.5. The molecule has 1 aromatic carbocycles. The van der Waals surface area contributed by atoms with Gasteiger partial charge in [0.2, 0.25) is 5.60 Å². The topological polar surface area (TPSA) is 66.8 Å². The van der Waals surface area contributed by atoms with Crippen LogP contribution in [0.5, 0.6) is 0 Å². The molecule has 4 nitrogen and oxygen atoms in total. The Morgan fingerprint density at radius 1 is 1.50 bits per heavy atom. The molecule has 16 heavy (non-hydrogen) atoms. The van der Waals surface area contributed by atoms with E-state index >= 15 is 0 Å². The van der Waals surface area contributed by atoms with Crippen LogP contribution in [0, 0.1) is 12.3 Å². The Morgan fingerprint density at radius 2 is 2.06 bits per heavy atom. The number of carbonyl (C=O) groups is 1. The molecular weight excluding hydrogens is 208 g/mol. The summed E-state index contributed by atoms with van der Waals surface area (Å²) in [6.45, 7) is 0. The molecule has 2 atom stereocenters. The monoisotopic (exact) mass is 220 g/mol. The molecule has 0 radical (unpaired) electrons. The van der Waals surface area contributed by atoms with Crippen molar-refractivity contribution >= 4 is 5.97 Å². The molecule has 0 bridgehead atoms. The SMILES string of the molecule is C#C[C@@H](O)[C@@](O)(C(=O)OC)c1ccccc1. The zero-order valence-electron chi connectivity index (χ0n) is 8.75. The molecule has 1 rings (SSSR count). The number of benzene rings is 1. The van der Waals surface area contributed by atoms with Crippen molar-refractivity contribution in [3.8, 4) is 12.3 Å². The first-order valence-electron chi connectivity index (χ1n) is 4.58. The maximum Gasteiger partial charge on any atom is 0.346 e. The minimum Gasteiger partial charge on any atom is -0.467 e. The van der Waals surface area contributed by atoms with Crippen molar-refractivity contribution in [1.82, 2.24) is 0 Å². The molecule has 0 aliphatic heterocycles. The summed E-state index contributed by atoms with van der Waals surface area (Å²) in [5.41, 5.74) is -2.04. The molecular formula is C12H12O4. The van der Waals surface area contributed by atoms with Crippen LogP contribution in [0.1, 0.15) is 5.56 Å². The molecule has 0 unspecified atom stereocenters. The summed E-state index contributed by atoms with van der Waals surface area (Å²) in [5, 5.41) is 19.7. The first-order chi connectivity index (χ1) is 7.57. The summed E-state index contributed by atoms with van der Waals surface area (Å²) >= 11 is 0. The van der Waals surface area contributed by atoms with Gasteiger partial charge in [0.15, 0.2) is 6.10 Å². The van der Waals surface area contributed by atoms with Crippen molar-refractivity contribution in [3.05, 3.63) is 35.9 Å². The number of carbonyl (C=O) groups excluding carboxylic acids is 1. The molecule has 1 aromatic rings. The number of methoxy groups -OCH3 is 1. The number of hydrogen-bond donors (Lipinski definition) is 2. The third-order valence-corrected chi connectivity index (χ3v) is 2.26. The number of hydrogen-bond acceptors (Lipinski definition) is 4. The first kappa shape index (κ1) is 12.2. The van der Waals surface area contributed by atoms with Gasteiger partial charge in [-0.15, -0.1) is 6.42 Å². The van der Waals surface area contributed by atoms with Crippen LogP contribution in [0.4, 0.5) is 0 Å². The van der Waals surface area contributed by atoms with Gasteiger partial charge in [-0.05, 0) is 5.56 Å². The summed E-state index contributed by atoms with van der Waals surface area (Å²) in [5.74, 6) is 0.928. The molecule has 0 saturated carbocycles. The highest BCUT2D eigenvalue weighted by Gasteiger charge is 2.45. The second-order valence-corrected chi connectivity index (χ2v) is 3.19. The second kappa shape index (κ2) is 4.79. The second-order valence-electron chi connectivity index (χ2n) is 3.19. The molecule has 84 valence electrons. The lowest BCUT2D eigenvalue weighted by atomic mass is 9.88. The van der Waals surface area contributed by atoms with Crippen LogP contribution in [-0.2, 0) is 15.1 Å². The van der Waals surface area contributed by atoms with Gasteiger partial charge in [-0.2, -0.15) is 0 Å². The minimum absolute atomic E-state index is 0.187. The van der Waals surface area contributed by atoms with Crippen LogP contribution in [0.2, 0.25) is 0 Å². The van der Waals surface area contributed by atoms with Gasteiger partial charge < -0.3 is 14.9 Å². The zero-order valence-corrected chi connectivity index (χ0v) is 8.75. The predicted molar refractivity (Wildman–Crippen MR) is 57.2 cm³/mol.